The van der Waals surface area contributed by atoms with E-state index < -0.39 is 0 Å². The Morgan fingerprint density at radius 2 is 2.06 bits per heavy atom. The van der Waals surface area contributed by atoms with Gasteiger partial charge in [0.2, 0.25) is 5.91 Å². The molecule has 0 unspecified atom stereocenters. The van der Waals surface area contributed by atoms with Gasteiger partial charge in [0.05, 0.1) is 6.54 Å². The number of carbonyl (C=O) groups is 1. The highest BCUT2D eigenvalue weighted by molar-refractivity contribution is 5.78. The first kappa shape index (κ1) is 12.8. The number of hydrogen-bond donors (Lipinski definition) is 2. The smallest absolute Gasteiger partial charge is 0.234 e. The Bertz CT molecular complexity index is 253. The lowest BCUT2D eigenvalue weighted by atomic mass is 9.75. The molecule has 0 spiro atoms. The SMILES string of the molecule is CCC1(NCC(=O)NC2CCOCC2)CCC1. The fourth-order valence-electron chi connectivity index (χ4n) is 2.65. The average molecular weight is 240 g/mol. The van der Waals surface area contributed by atoms with Crippen LogP contribution < -0.4 is 10.6 Å². The van der Waals surface area contributed by atoms with Gasteiger partial charge in [-0.05, 0) is 38.5 Å². The van der Waals surface area contributed by atoms with Gasteiger partial charge in [-0.15, -0.1) is 0 Å². The first-order valence-corrected chi connectivity index (χ1v) is 6.86. The minimum Gasteiger partial charge on any atom is -0.381 e. The molecule has 0 radical (unpaired) electrons. The lowest BCUT2D eigenvalue weighted by molar-refractivity contribution is -0.122. The van der Waals surface area contributed by atoms with Crippen molar-refractivity contribution in [2.24, 2.45) is 0 Å². The number of rotatable bonds is 5. The van der Waals surface area contributed by atoms with Gasteiger partial charge in [0, 0.05) is 24.8 Å². The molecule has 1 saturated carbocycles. The van der Waals surface area contributed by atoms with Crippen molar-refractivity contribution in [2.75, 3.05) is 19.8 Å². The van der Waals surface area contributed by atoms with Crippen molar-refractivity contribution < 1.29 is 9.53 Å². The van der Waals surface area contributed by atoms with E-state index in [1.165, 1.54) is 19.3 Å². The summed E-state index contributed by atoms with van der Waals surface area (Å²) in [6, 6.07) is 0.317. The van der Waals surface area contributed by atoms with E-state index in [9.17, 15) is 4.79 Å². The summed E-state index contributed by atoms with van der Waals surface area (Å²) in [5.74, 6) is 0.136. The average Bonchev–Trinajstić information content (AvgIpc) is 2.29. The molecule has 2 rings (SSSR count). The summed E-state index contributed by atoms with van der Waals surface area (Å²) in [6.45, 7) is 4.21. The topological polar surface area (TPSA) is 50.4 Å². The number of hydrogen-bond acceptors (Lipinski definition) is 3. The molecule has 0 aromatic rings. The van der Waals surface area contributed by atoms with Crippen LogP contribution in [0.4, 0.5) is 0 Å². The van der Waals surface area contributed by atoms with Gasteiger partial charge in [-0.2, -0.15) is 0 Å². The zero-order valence-electron chi connectivity index (χ0n) is 10.8. The second kappa shape index (κ2) is 5.83. The standard InChI is InChI=1S/C13H24N2O2/c1-2-13(6-3-7-13)14-10-12(16)15-11-4-8-17-9-5-11/h11,14H,2-10H2,1H3,(H,15,16). The van der Waals surface area contributed by atoms with E-state index >= 15 is 0 Å². The van der Waals surface area contributed by atoms with Crippen molar-refractivity contribution in [1.82, 2.24) is 10.6 Å². The maximum atomic E-state index is 11.8. The monoisotopic (exact) mass is 240 g/mol. The molecule has 98 valence electrons. The second-order valence-electron chi connectivity index (χ2n) is 5.30. The zero-order valence-corrected chi connectivity index (χ0v) is 10.8. The molecule has 2 N–H and O–H groups in total. The fourth-order valence-corrected chi connectivity index (χ4v) is 2.65. The third-order valence-electron chi connectivity index (χ3n) is 4.20. The van der Waals surface area contributed by atoms with Gasteiger partial charge >= 0.3 is 0 Å². The largest absolute Gasteiger partial charge is 0.381 e. The first-order chi connectivity index (χ1) is 8.24. The normalized spacial score (nSPS) is 24.1. The predicted molar refractivity (Wildman–Crippen MR) is 66.9 cm³/mol. The van der Waals surface area contributed by atoms with E-state index in [0.717, 1.165) is 32.5 Å². The molecule has 17 heavy (non-hydrogen) atoms. The molecule has 1 saturated heterocycles. The Labute approximate surface area is 103 Å². The maximum absolute atomic E-state index is 11.8. The van der Waals surface area contributed by atoms with Crippen LogP contribution in [0.3, 0.4) is 0 Å². The van der Waals surface area contributed by atoms with Gasteiger partial charge in [-0.3, -0.25) is 4.79 Å². The van der Waals surface area contributed by atoms with Gasteiger partial charge < -0.3 is 15.4 Å². The van der Waals surface area contributed by atoms with Crippen LogP contribution in [0.15, 0.2) is 0 Å². The van der Waals surface area contributed by atoms with Crippen molar-refractivity contribution in [3.8, 4) is 0 Å². The number of nitrogens with one attached hydrogen (secondary N) is 2. The lowest BCUT2D eigenvalue weighted by Crippen LogP contribution is -2.54. The van der Waals surface area contributed by atoms with E-state index in [2.05, 4.69) is 17.6 Å². The fraction of sp³-hybridized carbons (Fsp3) is 0.923. The Morgan fingerprint density at radius 3 is 2.59 bits per heavy atom. The van der Waals surface area contributed by atoms with Crippen molar-refractivity contribution in [2.45, 2.75) is 57.0 Å². The van der Waals surface area contributed by atoms with Gasteiger partial charge in [0.1, 0.15) is 0 Å². The molecule has 4 nitrogen and oxygen atoms in total. The Balaban J connectivity index is 1.66. The summed E-state index contributed by atoms with van der Waals surface area (Å²) in [4.78, 5) is 11.8. The lowest BCUT2D eigenvalue weighted by Gasteiger charge is -2.42. The molecule has 1 aliphatic carbocycles. The molecule has 0 bridgehead atoms. The minimum absolute atomic E-state index is 0.136. The molecule has 1 aliphatic heterocycles. The van der Waals surface area contributed by atoms with Crippen molar-refractivity contribution >= 4 is 5.91 Å². The second-order valence-corrected chi connectivity index (χ2v) is 5.30. The van der Waals surface area contributed by atoms with Crippen LogP contribution in [0.25, 0.3) is 0 Å². The Morgan fingerprint density at radius 1 is 1.35 bits per heavy atom. The highest BCUT2D eigenvalue weighted by Crippen LogP contribution is 2.34. The predicted octanol–water partition coefficient (Wildman–Crippen LogP) is 1.20. The Kier molecular flexibility index (Phi) is 4.40. The van der Waals surface area contributed by atoms with Crippen molar-refractivity contribution in [1.29, 1.82) is 0 Å². The molecule has 0 aromatic carbocycles. The number of amides is 1. The van der Waals surface area contributed by atoms with Gasteiger partial charge in [0.25, 0.3) is 0 Å². The third kappa shape index (κ3) is 3.42. The molecule has 2 aliphatic rings. The summed E-state index contributed by atoms with van der Waals surface area (Å²) in [6.07, 6.45) is 6.75. The van der Waals surface area contributed by atoms with Crippen LogP contribution in [-0.4, -0.2) is 37.2 Å². The highest BCUT2D eigenvalue weighted by Gasteiger charge is 2.34. The third-order valence-corrected chi connectivity index (χ3v) is 4.20. The maximum Gasteiger partial charge on any atom is 0.234 e. The quantitative estimate of drug-likeness (QED) is 0.759. The van der Waals surface area contributed by atoms with Crippen LogP contribution in [0, 0.1) is 0 Å². The molecular weight excluding hydrogens is 216 g/mol. The summed E-state index contributed by atoms with van der Waals surface area (Å²) >= 11 is 0. The van der Waals surface area contributed by atoms with Gasteiger partial charge in [-0.1, -0.05) is 6.92 Å². The van der Waals surface area contributed by atoms with E-state index in [1.807, 2.05) is 0 Å². The molecule has 1 amide bonds. The molecule has 0 aromatic heterocycles. The summed E-state index contributed by atoms with van der Waals surface area (Å²) in [5.41, 5.74) is 0.257. The van der Waals surface area contributed by atoms with E-state index in [0.29, 0.717) is 12.6 Å². The van der Waals surface area contributed by atoms with E-state index in [-0.39, 0.29) is 11.4 Å². The zero-order chi connectivity index (χ0) is 12.1. The Hall–Kier alpha value is -0.610. The van der Waals surface area contributed by atoms with Gasteiger partial charge in [-0.25, -0.2) is 0 Å². The summed E-state index contributed by atoms with van der Waals surface area (Å²) in [5, 5.41) is 6.51. The van der Waals surface area contributed by atoms with Crippen LogP contribution in [0.5, 0.6) is 0 Å². The van der Waals surface area contributed by atoms with Gasteiger partial charge in [0.15, 0.2) is 0 Å². The van der Waals surface area contributed by atoms with Crippen molar-refractivity contribution in [3.05, 3.63) is 0 Å². The van der Waals surface area contributed by atoms with Crippen molar-refractivity contribution in [3.63, 3.8) is 0 Å². The highest BCUT2D eigenvalue weighted by atomic mass is 16.5. The molecule has 0 atom stereocenters. The number of carbonyl (C=O) groups excluding carboxylic acids is 1. The molecule has 4 heteroatoms. The minimum atomic E-state index is 0.136. The summed E-state index contributed by atoms with van der Waals surface area (Å²) in [7, 11) is 0. The van der Waals surface area contributed by atoms with Crippen LogP contribution >= 0.6 is 0 Å². The van der Waals surface area contributed by atoms with Crippen LogP contribution in [0.2, 0.25) is 0 Å². The molecular formula is C13H24N2O2. The van der Waals surface area contributed by atoms with Crippen LogP contribution in [-0.2, 0) is 9.53 Å². The summed E-state index contributed by atoms with van der Waals surface area (Å²) < 4.78 is 5.27. The van der Waals surface area contributed by atoms with E-state index in [4.69, 9.17) is 4.74 Å². The molecule has 1 heterocycles. The number of ether oxygens (including phenoxy) is 1. The van der Waals surface area contributed by atoms with E-state index in [1.54, 1.807) is 0 Å². The van der Waals surface area contributed by atoms with Crippen LogP contribution in [0.1, 0.15) is 45.4 Å². The first-order valence-electron chi connectivity index (χ1n) is 6.86. The molecule has 2 fully saturated rings.